The molecule has 3 aliphatic rings. The minimum Gasteiger partial charge on any atom is -0.395 e. The second-order valence-electron chi connectivity index (χ2n) is 12.4. The number of alkyl halides is 2. The minimum atomic E-state index is -4.08. The average Bonchev–Trinajstić information content (AvgIpc) is 3.37. The first-order valence-corrected chi connectivity index (χ1v) is 17.2. The Morgan fingerprint density at radius 2 is 1.69 bits per heavy atom. The third-order valence-corrected chi connectivity index (χ3v) is 11.5. The average molecular weight is 663 g/mol. The third-order valence-electron chi connectivity index (χ3n) is 9.50. The molecule has 1 saturated carbocycles. The van der Waals surface area contributed by atoms with Crippen molar-refractivity contribution in [1.82, 2.24) is 20.0 Å². The lowest BCUT2D eigenvalue weighted by Crippen LogP contribution is -2.40. The number of hydrogen-bond donors (Lipinski definition) is 3. The Morgan fingerprint density at radius 1 is 1.00 bits per heavy atom. The van der Waals surface area contributed by atoms with Gasteiger partial charge >= 0.3 is 0 Å². The molecule has 5 N–H and O–H groups in total. The fourth-order valence-electron chi connectivity index (χ4n) is 6.57. The van der Waals surface area contributed by atoms with E-state index in [1.165, 1.54) is 28.9 Å². The Balaban J connectivity index is 1.29. The monoisotopic (exact) mass is 662 g/mol. The van der Waals surface area contributed by atoms with Gasteiger partial charge in [0, 0.05) is 44.6 Å². The number of nitrogens with two attached hydrogens (primary N) is 2. The van der Waals surface area contributed by atoms with Crippen LogP contribution in [-0.4, -0.2) is 72.2 Å². The van der Waals surface area contributed by atoms with E-state index in [0.717, 1.165) is 25.9 Å². The molecule has 45 heavy (non-hydrogen) atoms. The van der Waals surface area contributed by atoms with E-state index in [1.54, 1.807) is 35.4 Å². The van der Waals surface area contributed by atoms with Gasteiger partial charge in [-0.2, -0.15) is 0 Å². The van der Waals surface area contributed by atoms with Gasteiger partial charge < -0.3 is 20.6 Å². The van der Waals surface area contributed by atoms with Crippen LogP contribution in [0.5, 0.6) is 0 Å². The van der Waals surface area contributed by atoms with Gasteiger partial charge in [-0.15, -0.1) is 5.10 Å². The highest BCUT2D eigenvalue weighted by Gasteiger charge is 2.45. The summed E-state index contributed by atoms with van der Waals surface area (Å²) in [5.74, 6) is -3.45. The Labute approximate surface area is 261 Å². The number of thiazole rings is 1. The zero-order valence-corrected chi connectivity index (χ0v) is 25.9. The number of aliphatic hydroxyl groups excluding tert-OH is 1. The summed E-state index contributed by atoms with van der Waals surface area (Å²) in [6, 6.07) is 6.58. The van der Waals surface area contributed by atoms with Crippen molar-refractivity contribution in [2.75, 3.05) is 48.3 Å². The molecule has 4 aromatic rings. The molecule has 2 aliphatic heterocycles. The summed E-state index contributed by atoms with van der Waals surface area (Å²) in [5.41, 5.74) is 8.79. The zero-order chi connectivity index (χ0) is 31.7. The quantitative estimate of drug-likeness (QED) is 0.264. The van der Waals surface area contributed by atoms with Crippen molar-refractivity contribution in [3.63, 3.8) is 0 Å². The summed E-state index contributed by atoms with van der Waals surface area (Å²) < 4.78 is 70.8. The molecule has 1 unspecified atom stereocenters. The van der Waals surface area contributed by atoms with Gasteiger partial charge in [0.15, 0.2) is 10.9 Å². The van der Waals surface area contributed by atoms with Crippen LogP contribution < -0.4 is 20.7 Å². The Morgan fingerprint density at radius 3 is 2.33 bits per heavy atom. The standard InChI is InChI=1S/C29H33F3N8O3S2/c30-24-18(14-22-25(35-27(33)44-22)26(24)39-11-7-29(31,32)8-12-39)19-15-40(37-36-19)20-2-1-17(23(16-41)45(34,42)43)13-21(20)38-9-5-28(3-4-28)6-10-38/h1-2,13-15,23,41H,3-12,16H2,(H2,33,35)(H2,34,42,43). The van der Waals surface area contributed by atoms with Gasteiger partial charge in [0.25, 0.3) is 5.92 Å². The molecule has 2 saturated heterocycles. The highest BCUT2D eigenvalue weighted by Crippen LogP contribution is 2.54. The molecule has 1 spiro atoms. The molecule has 0 amide bonds. The Bertz CT molecular complexity index is 1870. The highest BCUT2D eigenvalue weighted by molar-refractivity contribution is 7.89. The number of piperidine rings is 2. The van der Waals surface area contributed by atoms with Crippen molar-refractivity contribution < 1.29 is 26.7 Å². The van der Waals surface area contributed by atoms with Crippen molar-refractivity contribution in [2.24, 2.45) is 10.6 Å². The molecule has 0 bridgehead atoms. The first kappa shape index (κ1) is 30.2. The van der Waals surface area contributed by atoms with E-state index < -0.39 is 46.5 Å². The van der Waals surface area contributed by atoms with E-state index in [2.05, 4.69) is 20.2 Å². The van der Waals surface area contributed by atoms with E-state index in [-0.39, 0.29) is 35.2 Å². The van der Waals surface area contributed by atoms with E-state index in [9.17, 15) is 22.3 Å². The number of primary sulfonamides is 1. The van der Waals surface area contributed by atoms with Crippen LogP contribution in [0.2, 0.25) is 0 Å². The zero-order valence-electron chi connectivity index (χ0n) is 24.3. The molecule has 2 aromatic carbocycles. The number of anilines is 3. The second kappa shape index (κ2) is 10.8. The molecule has 4 heterocycles. The lowest BCUT2D eigenvalue weighted by atomic mass is 9.93. The summed E-state index contributed by atoms with van der Waals surface area (Å²) >= 11 is 1.17. The van der Waals surface area contributed by atoms with Crippen molar-refractivity contribution >= 4 is 48.1 Å². The molecule has 16 heteroatoms. The molecular formula is C29H33F3N8O3S2. The maximum absolute atomic E-state index is 16.3. The number of fused-ring (bicyclic) bond motifs is 1. The molecule has 1 atom stereocenters. The number of hydrogen-bond acceptors (Lipinski definition) is 10. The van der Waals surface area contributed by atoms with Crippen LogP contribution in [-0.2, 0) is 10.0 Å². The van der Waals surface area contributed by atoms with Gasteiger partial charge in [0.05, 0.1) is 28.9 Å². The van der Waals surface area contributed by atoms with E-state index >= 15 is 4.39 Å². The topological polar surface area (TPSA) is 156 Å². The normalized spacial score (nSPS) is 20.2. The molecule has 2 aromatic heterocycles. The fraction of sp³-hybridized carbons (Fsp3) is 0.483. The van der Waals surface area contributed by atoms with Gasteiger partial charge in [-0.1, -0.05) is 22.6 Å². The number of halogens is 3. The lowest BCUT2D eigenvalue weighted by molar-refractivity contribution is -0.0221. The molecular weight excluding hydrogens is 630 g/mol. The fourth-order valence-corrected chi connectivity index (χ4v) is 8.08. The van der Waals surface area contributed by atoms with E-state index in [1.807, 2.05) is 0 Å². The third kappa shape index (κ3) is 5.61. The minimum absolute atomic E-state index is 0.0349. The van der Waals surface area contributed by atoms with Crippen LogP contribution in [0.15, 0.2) is 30.5 Å². The molecule has 3 fully saturated rings. The number of aliphatic hydroxyl groups is 1. The van der Waals surface area contributed by atoms with Crippen LogP contribution in [0, 0.1) is 11.2 Å². The van der Waals surface area contributed by atoms with Crippen LogP contribution in [0.4, 0.5) is 29.7 Å². The number of rotatable bonds is 7. The Hall–Kier alpha value is -3.47. The number of nitrogen functional groups attached to an aromatic ring is 1. The highest BCUT2D eigenvalue weighted by atomic mass is 32.2. The van der Waals surface area contributed by atoms with Gasteiger partial charge in [-0.05, 0) is 54.9 Å². The van der Waals surface area contributed by atoms with Crippen LogP contribution in [0.1, 0.15) is 49.3 Å². The van der Waals surface area contributed by atoms with Crippen molar-refractivity contribution in [2.45, 2.75) is 49.7 Å². The van der Waals surface area contributed by atoms with Gasteiger partial charge in [0.2, 0.25) is 10.0 Å². The molecule has 11 nitrogen and oxygen atoms in total. The Kier molecular flexibility index (Phi) is 7.26. The van der Waals surface area contributed by atoms with Crippen LogP contribution in [0.25, 0.3) is 27.2 Å². The summed E-state index contributed by atoms with van der Waals surface area (Å²) in [6.07, 6.45) is 5.22. The molecule has 7 rings (SSSR count). The summed E-state index contributed by atoms with van der Waals surface area (Å²) in [7, 11) is -4.08. The number of nitrogens with zero attached hydrogens (tertiary/aromatic N) is 6. The number of aromatic nitrogens is 4. The first-order chi connectivity index (χ1) is 21.4. The van der Waals surface area contributed by atoms with Gasteiger partial charge in [-0.3, -0.25) is 0 Å². The maximum Gasteiger partial charge on any atom is 0.251 e. The summed E-state index contributed by atoms with van der Waals surface area (Å²) in [6.45, 7) is 0.773. The second-order valence-corrected chi connectivity index (χ2v) is 15.2. The van der Waals surface area contributed by atoms with Gasteiger partial charge in [0.1, 0.15) is 22.1 Å². The summed E-state index contributed by atoms with van der Waals surface area (Å²) in [5, 5.41) is 22.8. The smallest absolute Gasteiger partial charge is 0.251 e. The lowest BCUT2D eigenvalue weighted by Gasteiger charge is -2.35. The molecule has 1 aliphatic carbocycles. The number of benzene rings is 2. The first-order valence-electron chi connectivity index (χ1n) is 14.8. The van der Waals surface area contributed by atoms with Crippen LogP contribution in [0.3, 0.4) is 0 Å². The predicted molar refractivity (Wildman–Crippen MR) is 167 cm³/mol. The largest absolute Gasteiger partial charge is 0.395 e. The summed E-state index contributed by atoms with van der Waals surface area (Å²) in [4.78, 5) is 8.06. The van der Waals surface area contributed by atoms with E-state index in [0.29, 0.717) is 32.6 Å². The van der Waals surface area contributed by atoms with Gasteiger partial charge in [-0.25, -0.2) is 36.4 Å². The van der Waals surface area contributed by atoms with E-state index in [4.69, 9.17) is 10.9 Å². The van der Waals surface area contributed by atoms with Crippen LogP contribution >= 0.6 is 11.3 Å². The SMILES string of the molecule is Nc1nc2c(N3CCC(F)(F)CC3)c(F)c(-c3cn(-c4ccc(C(CO)S(N)(=O)=O)cc4N4CCC5(CC4)CC5)nn3)cc2s1. The predicted octanol–water partition coefficient (Wildman–Crippen LogP) is 4.20. The maximum atomic E-state index is 16.3. The van der Waals surface area contributed by atoms with Crippen molar-refractivity contribution in [3.8, 4) is 16.9 Å². The van der Waals surface area contributed by atoms with Crippen molar-refractivity contribution in [1.29, 1.82) is 0 Å². The van der Waals surface area contributed by atoms with Crippen molar-refractivity contribution in [3.05, 3.63) is 41.8 Å². The number of sulfonamides is 1. The molecule has 240 valence electrons. The molecule has 0 radical (unpaired) electrons.